The maximum atomic E-state index is 5.57. The Bertz CT molecular complexity index is 356. The topological polar surface area (TPSA) is 29.3 Å². The second-order valence-corrected chi connectivity index (χ2v) is 4.40. The molecule has 2 rings (SSSR count). The van der Waals surface area contributed by atoms with E-state index in [-0.39, 0.29) is 0 Å². The van der Waals surface area contributed by atoms with Gasteiger partial charge in [0, 0.05) is 25.7 Å². The third-order valence-electron chi connectivity index (χ3n) is 3.38. The van der Waals surface area contributed by atoms with Crippen molar-refractivity contribution in [3.05, 3.63) is 47.5 Å². The highest BCUT2D eigenvalue weighted by Crippen LogP contribution is 2.24. The molecule has 1 aliphatic heterocycles. The number of benzene rings is 1. The summed E-state index contributed by atoms with van der Waals surface area (Å²) >= 11 is 0. The first-order chi connectivity index (χ1) is 7.81. The van der Waals surface area contributed by atoms with E-state index in [1.807, 2.05) is 0 Å². The Hall–Kier alpha value is -1.12. The molecule has 0 amide bonds. The second kappa shape index (κ2) is 5.28. The van der Waals surface area contributed by atoms with Gasteiger partial charge in [0.15, 0.2) is 0 Å². The van der Waals surface area contributed by atoms with E-state index in [1.54, 1.807) is 0 Å². The summed E-state index contributed by atoms with van der Waals surface area (Å²) < 4.78 is 0. The molecule has 1 fully saturated rings. The highest BCUT2D eigenvalue weighted by atomic mass is 15.2. The summed E-state index contributed by atoms with van der Waals surface area (Å²) in [7, 11) is 0. The first kappa shape index (κ1) is 11.4. The molecule has 1 aliphatic rings. The van der Waals surface area contributed by atoms with Crippen LogP contribution in [0.5, 0.6) is 0 Å². The van der Waals surface area contributed by atoms with Crippen molar-refractivity contribution in [3.63, 3.8) is 0 Å². The Morgan fingerprint density at radius 1 is 1.38 bits per heavy atom. The second-order valence-electron chi connectivity index (χ2n) is 4.40. The Morgan fingerprint density at radius 2 is 2.12 bits per heavy atom. The van der Waals surface area contributed by atoms with Crippen molar-refractivity contribution < 1.29 is 0 Å². The number of likely N-dealkylation sites (tertiary alicyclic amines) is 1. The molecule has 2 heteroatoms. The van der Waals surface area contributed by atoms with Crippen LogP contribution in [-0.4, -0.2) is 24.0 Å². The average Bonchev–Trinajstić information content (AvgIpc) is 2.64. The van der Waals surface area contributed by atoms with Gasteiger partial charge in [-0.3, -0.25) is 4.90 Å². The molecule has 0 bridgehead atoms. The smallest absolute Gasteiger partial charge is 0.0283 e. The molecule has 0 radical (unpaired) electrons. The van der Waals surface area contributed by atoms with Gasteiger partial charge in [0.25, 0.3) is 0 Å². The van der Waals surface area contributed by atoms with Crippen LogP contribution >= 0.6 is 0 Å². The lowest BCUT2D eigenvalue weighted by Gasteiger charge is -2.21. The van der Waals surface area contributed by atoms with Crippen LogP contribution < -0.4 is 5.73 Å². The molecule has 2 nitrogen and oxygen atoms in total. The minimum atomic E-state index is 0.545. The van der Waals surface area contributed by atoms with Crippen molar-refractivity contribution in [3.8, 4) is 0 Å². The summed E-state index contributed by atoms with van der Waals surface area (Å²) in [5, 5.41) is 0. The summed E-state index contributed by atoms with van der Waals surface area (Å²) in [4.78, 5) is 2.51. The summed E-state index contributed by atoms with van der Waals surface area (Å²) in [5.74, 6) is 0. The average molecular weight is 216 g/mol. The SMILES string of the molecule is CC1/C(=C/CN)CCN1Cc1ccccc1. The van der Waals surface area contributed by atoms with Crippen molar-refractivity contribution in [1.29, 1.82) is 0 Å². The van der Waals surface area contributed by atoms with Crippen LogP contribution in [0.4, 0.5) is 0 Å². The number of nitrogens with two attached hydrogens (primary N) is 1. The van der Waals surface area contributed by atoms with Crippen molar-refractivity contribution in [2.24, 2.45) is 5.73 Å². The zero-order valence-corrected chi connectivity index (χ0v) is 9.89. The van der Waals surface area contributed by atoms with E-state index in [2.05, 4.69) is 48.2 Å². The molecule has 1 aromatic rings. The predicted molar refractivity (Wildman–Crippen MR) is 68.1 cm³/mol. The van der Waals surface area contributed by atoms with Crippen LogP contribution in [0.2, 0.25) is 0 Å². The quantitative estimate of drug-likeness (QED) is 0.785. The van der Waals surface area contributed by atoms with E-state index in [1.165, 1.54) is 17.6 Å². The normalized spacial score (nSPS) is 24.1. The molecule has 1 atom stereocenters. The van der Waals surface area contributed by atoms with Crippen LogP contribution in [0.25, 0.3) is 0 Å². The van der Waals surface area contributed by atoms with Crippen molar-refractivity contribution >= 4 is 0 Å². The number of hydrogen-bond acceptors (Lipinski definition) is 2. The van der Waals surface area contributed by atoms with Crippen LogP contribution in [0.1, 0.15) is 18.9 Å². The third kappa shape index (κ3) is 2.52. The Labute approximate surface area is 97.8 Å². The van der Waals surface area contributed by atoms with Gasteiger partial charge < -0.3 is 5.73 Å². The lowest BCUT2D eigenvalue weighted by molar-refractivity contribution is 0.273. The zero-order chi connectivity index (χ0) is 11.4. The summed E-state index contributed by atoms with van der Waals surface area (Å²) in [6.45, 7) is 5.14. The molecule has 2 N–H and O–H groups in total. The van der Waals surface area contributed by atoms with E-state index >= 15 is 0 Å². The van der Waals surface area contributed by atoms with Gasteiger partial charge in [-0.2, -0.15) is 0 Å². The van der Waals surface area contributed by atoms with Crippen LogP contribution in [0, 0.1) is 0 Å². The van der Waals surface area contributed by atoms with Crippen LogP contribution in [0.3, 0.4) is 0 Å². The van der Waals surface area contributed by atoms with Crippen LogP contribution in [-0.2, 0) is 6.54 Å². The molecule has 0 spiro atoms. The van der Waals surface area contributed by atoms with Crippen LogP contribution in [0.15, 0.2) is 42.0 Å². The molecular formula is C14H20N2. The lowest BCUT2D eigenvalue weighted by Crippen LogP contribution is -2.27. The predicted octanol–water partition coefficient (Wildman–Crippen LogP) is 2.17. The Morgan fingerprint density at radius 3 is 2.81 bits per heavy atom. The van der Waals surface area contributed by atoms with Gasteiger partial charge in [-0.25, -0.2) is 0 Å². The maximum absolute atomic E-state index is 5.57. The monoisotopic (exact) mass is 216 g/mol. The van der Waals surface area contributed by atoms with E-state index in [4.69, 9.17) is 5.73 Å². The third-order valence-corrected chi connectivity index (χ3v) is 3.38. The van der Waals surface area contributed by atoms with Crippen molar-refractivity contribution in [2.75, 3.05) is 13.1 Å². The van der Waals surface area contributed by atoms with Crippen molar-refractivity contribution in [2.45, 2.75) is 25.9 Å². The fourth-order valence-corrected chi connectivity index (χ4v) is 2.37. The molecule has 1 saturated heterocycles. The standard InChI is InChI=1S/C14H20N2/c1-12-14(7-9-15)8-10-16(12)11-13-5-3-2-4-6-13/h2-7,12H,8-11,15H2,1H3/b14-7+. The molecular weight excluding hydrogens is 196 g/mol. The highest BCUT2D eigenvalue weighted by Gasteiger charge is 2.24. The van der Waals surface area contributed by atoms with E-state index in [9.17, 15) is 0 Å². The summed E-state index contributed by atoms with van der Waals surface area (Å²) in [5.41, 5.74) is 8.46. The van der Waals surface area contributed by atoms with Gasteiger partial charge in [-0.15, -0.1) is 0 Å². The maximum Gasteiger partial charge on any atom is 0.0283 e. The summed E-state index contributed by atoms with van der Waals surface area (Å²) in [6.07, 6.45) is 3.35. The molecule has 1 aromatic carbocycles. The minimum Gasteiger partial charge on any atom is -0.327 e. The fourth-order valence-electron chi connectivity index (χ4n) is 2.37. The number of rotatable bonds is 3. The van der Waals surface area contributed by atoms with E-state index < -0.39 is 0 Å². The van der Waals surface area contributed by atoms with Gasteiger partial charge in [-0.1, -0.05) is 42.0 Å². The Kier molecular flexibility index (Phi) is 3.75. The number of hydrogen-bond donors (Lipinski definition) is 1. The minimum absolute atomic E-state index is 0.545. The lowest BCUT2D eigenvalue weighted by atomic mass is 10.1. The molecule has 0 saturated carbocycles. The molecule has 16 heavy (non-hydrogen) atoms. The number of nitrogens with zero attached hydrogens (tertiary/aromatic N) is 1. The molecule has 0 aromatic heterocycles. The molecule has 1 heterocycles. The van der Waals surface area contributed by atoms with E-state index in [0.29, 0.717) is 12.6 Å². The molecule has 0 aliphatic carbocycles. The van der Waals surface area contributed by atoms with Gasteiger partial charge >= 0.3 is 0 Å². The molecule has 86 valence electrons. The summed E-state index contributed by atoms with van der Waals surface area (Å²) in [6, 6.07) is 11.2. The Balaban J connectivity index is 2.00. The van der Waals surface area contributed by atoms with E-state index in [0.717, 1.165) is 13.1 Å². The van der Waals surface area contributed by atoms with Crippen molar-refractivity contribution in [1.82, 2.24) is 4.90 Å². The first-order valence-electron chi connectivity index (χ1n) is 5.98. The van der Waals surface area contributed by atoms with Gasteiger partial charge in [0.1, 0.15) is 0 Å². The largest absolute Gasteiger partial charge is 0.327 e. The fraction of sp³-hybridized carbons (Fsp3) is 0.429. The molecule has 1 unspecified atom stereocenters. The van der Waals surface area contributed by atoms with Gasteiger partial charge in [-0.05, 0) is 18.9 Å². The van der Waals surface area contributed by atoms with Gasteiger partial charge in [0.2, 0.25) is 0 Å². The first-order valence-corrected chi connectivity index (χ1v) is 5.98. The van der Waals surface area contributed by atoms with Gasteiger partial charge in [0.05, 0.1) is 0 Å². The zero-order valence-electron chi connectivity index (χ0n) is 9.89. The highest BCUT2D eigenvalue weighted by molar-refractivity contribution is 5.19.